The van der Waals surface area contributed by atoms with Crippen molar-refractivity contribution in [2.45, 2.75) is 6.54 Å². The van der Waals surface area contributed by atoms with E-state index in [-0.39, 0.29) is 17.5 Å². The van der Waals surface area contributed by atoms with Crippen molar-refractivity contribution in [3.63, 3.8) is 0 Å². The maximum atomic E-state index is 12.8. The van der Waals surface area contributed by atoms with Crippen LogP contribution in [-0.4, -0.2) is 23.9 Å². The lowest BCUT2D eigenvalue weighted by atomic mass is 10.1. The minimum Gasteiger partial charge on any atom is -0.497 e. The third-order valence-corrected chi connectivity index (χ3v) is 4.16. The van der Waals surface area contributed by atoms with Gasteiger partial charge in [-0.2, -0.15) is 0 Å². The molecule has 6 heteroatoms. The molecule has 0 atom stereocenters. The van der Waals surface area contributed by atoms with E-state index in [1.807, 2.05) is 30.3 Å². The molecule has 0 saturated carbocycles. The molecule has 2 aromatic carbocycles. The van der Waals surface area contributed by atoms with Gasteiger partial charge in [-0.05, 0) is 53.6 Å². The first-order valence-corrected chi connectivity index (χ1v) is 9.05. The highest BCUT2D eigenvalue weighted by molar-refractivity contribution is 6.05. The maximum absolute atomic E-state index is 12.8. The molecule has 3 aromatic rings. The fraction of sp³-hybridized carbons (Fsp3) is 0.0870. The zero-order valence-corrected chi connectivity index (χ0v) is 16.0. The topological polar surface area (TPSA) is 80.3 Å². The molecular formula is C23H21N3O3. The lowest BCUT2D eigenvalue weighted by Gasteiger charge is -2.11. The van der Waals surface area contributed by atoms with Gasteiger partial charge in [0.1, 0.15) is 11.4 Å². The van der Waals surface area contributed by atoms with Crippen LogP contribution in [-0.2, 0) is 11.3 Å². The van der Waals surface area contributed by atoms with Gasteiger partial charge in [-0.15, -0.1) is 0 Å². The number of ether oxygens (including phenoxy) is 1. The number of hydrogen-bond donors (Lipinski definition) is 2. The number of carbonyl (C=O) groups excluding carboxylic acids is 2. The summed E-state index contributed by atoms with van der Waals surface area (Å²) in [5.74, 6) is -0.0366. The number of amides is 2. The zero-order valence-electron chi connectivity index (χ0n) is 16.0. The van der Waals surface area contributed by atoms with Crippen LogP contribution in [0.2, 0.25) is 0 Å². The first kappa shape index (κ1) is 19.8. The minimum absolute atomic E-state index is 0.151. The molecule has 0 fully saturated rings. The quantitative estimate of drug-likeness (QED) is 0.610. The Kier molecular flexibility index (Phi) is 6.73. The molecule has 0 bridgehead atoms. The lowest BCUT2D eigenvalue weighted by molar-refractivity contribution is -0.117. The van der Waals surface area contributed by atoms with Crippen LogP contribution in [0.3, 0.4) is 0 Å². The smallest absolute Gasteiger partial charge is 0.268 e. The van der Waals surface area contributed by atoms with Crippen molar-refractivity contribution in [3.05, 3.63) is 102 Å². The van der Waals surface area contributed by atoms with Gasteiger partial charge in [0.05, 0.1) is 7.11 Å². The summed E-state index contributed by atoms with van der Waals surface area (Å²) in [5.41, 5.74) is 2.29. The molecule has 0 radical (unpaired) electrons. The Morgan fingerprint density at radius 1 is 0.966 bits per heavy atom. The second-order valence-corrected chi connectivity index (χ2v) is 6.19. The Bertz CT molecular complexity index is 985. The molecule has 0 aliphatic heterocycles. The average Bonchev–Trinajstić information content (AvgIpc) is 2.78. The highest BCUT2D eigenvalue weighted by atomic mass is 16.5. The molecule has 146 valence electrons. The number of rotatable bonds is 7. The van der Waals surface area contributed by atoms with Crippen LogP contribution in [0, 0.1) is 0 Å². The van der Waals surface area contributed by atoms with E-state index >= 15 is 0 Å². The van der Waals surface area contributed by atoms with Crippen LogP contribution in [0.25, 0.3) is 6.08 Å². The predicted octanol–water partition coefficient (Wildman–Crippen LogP) is 3.18. The summed E-state index contributed by atoms with van der Waals surface area (Å²) in [6.07, 6.45) is 4.95. The van der Waals surface area contributed by atoms with Gasteiger partial charge in [0.25, 0.3) is 11.8 Å². The Balaban J connectivity index is 1.80. The molecule has 3 rings (SSSR count). The molecule has 2 N–H and O–H groups in total. The zero-order chi connectivity index (χ0) is 20.5. The van der Waals surface area contributed by atoms with Crippen molar-refractivity contribution in [2.24, 2.45) is 0 Å². The Hall–Kier alpha value is -3.93. The summed E-state index contributed by atoms with van der Waals surface area (Å²) in [6, 6.07) is 19.6. The minimum atomic E-state index is -0.387. The number of aromatic nitrogens is 1. The third-order valence-electron chi connectivity index (χ3n) is 4.16. The molecule has 0 spiro atoms. The Morgan fingerprint density at radius 2 is 1.66 bits per heavy atom. The molecule has 2 amide bonds. The fourth-order valence-corrected chi connectivity index (χ4v) is 2.59. The molecule has 0 aliphatic carbocycles. The molecule has 0 aliphatic rings. The SMILES string of the molecule is COc1ccc(C=C(NC(=O)c2ccccc2)C(=O)NCc2ccncc2)cc1. The monoisotopic (exact) mass is 387 g/mol. The molecular weight excluding hydrogens is 366 g/mol. The van der Waals surface area contributed by atoms with E-state index in [9.17, 15) is 9.59 Å². The third kappa shape index (κ3) is 5.77. The first-order chi connectivity index (χ1) is 14.2. The standard InChI is InChI=1S/C23H21N3O3/c1-29-20-9-7-17(8-10-20)15-21(26-22(27)19-5-3-2-4-6-19)23(28)25-16-18-11-13-24-14-12-18/h2-15H,16H2,1H3,(H,25,28)(H,26,27). The van der Waals surface area contributed by atoms with Crippen molar-refractivity contribution < 1.29 is 14.3 Å². The van der Waals surface area contributed by atoms with Crippen molar-refractivity contribution in [1.29, 1.82) is 0 Å². The predicted molar refractivity (Wildman–Crippen MR) is 111 cm³/mol. The summed E-state index contributed by atoms with van der Waals surface area (Å²) in [5, 5.41) is 5.54. The van der Waals surface area contributed by atoms with Crippen LogP contribution in [0.1, 0.15) is 21.5 Å². The van der Waals surface area contributed by atoms with E-state index in [1.165, 1.54) is 0 Å². The molecule has 1 aromatic heterocycles. The van der Waals surface area contributed by atoms with Gasteiger partial charge in [-0.1, -0.05) is 30.3 Å². The summed E-state index contributed by atoms with van der Waals surface area (Å²) in [7, 11) is 1.59. The number of hydrogen-bond acceptors (Lipinski definition) is 4. The van der Waals surface area contributed by atoms with Gasteiger partial charge in [-0.3, -0.25) is 14.6 Å². The number of benzene rings is 2. The number of pyridine rings is 1. The Morgan fingerprint density at radius 3 is 2.31 bits per heavy atom. The summed E-state index contributed by atoms with van der Waals surface area (Å²) in [6.45, 7) is 0.322. The fourth-order valence-electron chi connectivity index (χ4n) is 2.59. The van der Waals surface area contributed by atoms with Gasteiger partial charge in [0.2, 0.25) is 0 Å². The maximum Gasteiger partial charge on any atom is 0.268 e. The molecule has 6 nitrogen and oxygen atoms in total. The Labute approximate surface area is 169 Å². The van der Waals surface area contributed by atoms with Crippen molar-refractivity contribution in [2.75, 3.05) is 7.11 Å². The van der Waals surface area contributed by atoms with Crippen LogP contribution in [0.15, 0.2) is 84.8 Å². The summed E-state index contributed by atoms with van der Waals surface area (Å²) in [4.78, 5) is 29.3. The van der Waals surface area contributed by atoms with Gasteiger partial charge in [-0.25, -0.2) is 0 Å². The molecule has 29 heavy (non-hydrogen) atoms. The van der Waals surface area contributed by atoms with E-state index in [0.29, 0.717) is 17.9 Å². The number of nitrogens with zero attached hydrogens (tertiary/aromatic N) is 1. The molecule has 1 heterocycles. The second-order valence-electron chi connectivity index (χ2n) is 6.19. The summed E-state index contributed by atoms with van der Waals surface area (Å²) < 4.78 is 5.16. The largest absolute Gasteiger partial charge is 0.497 e. The number of nitrogens with one attached hydrogen (secondary N) is 2. The van der Waals surface area contributed by atoms with E-state index in [0.717, 1.165) is 11.1 Å². The van der Waals surface area contributed by atoms with Gasteiger partial charge in [0.15, 0.2) is 0 Å². The van der Waals surface area contributed by atoms with Crippen molar-refractivity contribution in [3.8, 4) is 5.75 Å². The van der Waals surface area contributed by atoms with Crippen LogP contribution < -0.4 is 15.4 Å². The lowest BCUT2D eigenvalue weighted by Crippen LogP contribution is -2.34. The highest BCUT2D eigenvalue weighted by Crippen LogP contribution is 2.14. The summed E-state index contributed by atoms with van der Waals surface area (Å²) >= 11 is 0. The molecule has 0 saturated heterocycles. The van der Waals surface area contributed by atoms with Crippen LogP contribution in [0.5, 0.6) is 5.75 Å². The highest BCUT2D eigenvalue weighted by Gasteiger charge is 2.14. The van der Waals surface area contributed by atoms with Gasteiger partial charge >= 0.3 is 0 Å². The van der Waals surface area contributed by atoms with Crippen molar-refractivity contribution in [1.82, 2.24) is 15.6 Å². The van der Waals surface area contributed by atoms with Crippen LogP contribution in [0.4, 0.5) is 0 Å². The van der Waals surface area contributed by atoms with E-state index in [1.54, 1.807) is 62.0 Å². The number of methoxy groups -OCH3 is 1. The molecule has 0 unspecified atom stereocenters. The van der Waals surface area contributed by atoms with E-state index in [4.69, 9.17) is 4.74 Å². The van der Waals surface area contributed by atoms with E-state index < -0.39 is 0 Å². The first-order valence-electron chi connectivity index (χ1n) is 9.05. The second kappa shape index (κ2) is 9.85. The van der Waals surface area contributed by atoms with Crippen molar-refractivity contribution >= 4 is 17.9 Å². The van der Waals surface area contributed by atoms with Gasteiger partial charge < -0.3 is 15.4 Å². The average molecular weight is 387 g/mol. The number of carbonyl (C=O) groups is 2. The van der Waals surface area contributed by atoms with Crippen LogP contribution >= 0.6 is 0 Å². The van der Waals surface area contributed by atoms with E-state index in [2.05, 4.69) is 15.6 Å². The van der Waals surface area contributed by atoms with Gasteiger partial charge in [0, 0.05) is 24.5 Å². The normalized spacial score (nSPS) is 10.9.